The van der Waals surface area contributed by atoms with Gasteiger partial charge in [0.05, 0.1) is 12.7 Å². The molecule has 1 aromatic heterocycles. The van der Waals surface area contributed by atoms with Crippen LogP contribution in [0.15, 0.2) is 18.2 Å². The van der Waals surface area contributed by atoms with Crippen molar-refractivity contribution in [1.29, 1.82) is 0 Å². The van der Waals surface area contributed by atoms with Crippen molar-refractivity contribution in [3.05, 3.63) is 35.0 Å². The molecule has 1 aliphatic rings. The van der Waals surface area contributed by atoms with E-state index in [1.165, 1.54) is 42.1 Å². The monoisotopic (exact) mass is 299 g/mol. The van der Waals surface area contributed by atoms with Gasteiger partial charge in [0.1, 0.15) is 0 Å². The third-order valence-corrected chi connectivity index (χ3v) is 4.71. The van der Waals surface area contributed by atoms with Crippen molar-refractivity contribution >= 4 is 16.9 Å². The highest BCUT2D eigenvalue weighted by Gasteiger charge is 2.25. The molecule has 1 unspecified atom stereocenters. The number of hydrogen-bond donors (Lipinski definition) is 0. The number of rotatable bonds is 3. The summed E-state index contributed by atoms with van der Waals surface area (Å²) in [7, 11) is 1.44. The van der Waals surface area contributed by atoms with Gasteiger partial charge in [-0.25, -0.2) is 4.79 Å². The highest BCUT2D eigenvalue weighted by Crippen LogP contribution is 2.39. The lowest BCUT2D eigenvalue weighted by Gasteiger charge is -2.23. The van der Waals surface area contributed by atoms with Crippen LogP contribution in [0.2, 0.25) is 0 Å². The molecule has 1 aromatic carbocycles. The van der Waals surface area contributed by atoms with Gasteiger partial charge >= 0.3 is 5.97 Å². The maximum absolute atomic E-state index is 11.8. The summed E-state index contributed by atoms with van der Waals surface area (Å²) in [4.78, 5) is 11.8. The van der Waals surface area contributed by atoms with E-state index >= 15 is 0 Å². The molecular weight excluding hydrogens is 274 g/mol. The Hall–Kier alpha value is -1.77. The van der Waals surface area contributed by atoms with E-state index in [4.69, 9.17) is 4.74 Å². The van der Waals surface area contributed by atoms with Crippen molar-refractivity contribution < 1.29 is 9.53 Å². The van der Waals surface area contributed by atoms with Crippen LogP contribution in [0.25, 0.3) is 10.9 Å². The summed E-state index contributed by atoms with van der Waals surface area (Å²) in [5, 5.41) is 1.24. The van der Waals surface area contributed by atoms with Crippen LogP contribution in [0.1, 0.15) is 61.1 Å². The fraction of sp³-hybridized carbons (Fsp3) is 0.526. The molecule has 3 nitrogen and oxygen atoms in total. The number of carbonyl (C=O) groups excluding carboxylic acids is 1. The predicted octanol–water partition coefficient (Wildman–Crippen LogP) is 4.52. The van der Waals surface area contributed by atoms with E-state index in [1.54, 1.807) is 0 Å². The smallest absolute Gasteiger partial charge is 0.337 e. The standard InChI is InChI=1S/C19H25NO2/c1-12(2)11-20-17-9-8-14(19(21)22-4)10-16(17)15-7-5-6-13(3)18(15)20/h8-10,12-13H,5-7,11H2,1-4H3. The average Bonchev–Trinajstić information content (AvgIpc) is 2.81. The molecule has 0 saturated carbocycles. The van der Waals surface area contributed by atoms with Gasteiger partial charge in [-0.05, 0) is 54.9 Å². The minimum Gasteiger partial charge on any atom is -0.465 e. The molecule has 3 rings (SSSR count). The van der Waals surface area contributed by atoms with Gasteiger partial charge in [-0.2, -0.15) is 0 Å². The zero-order valence-corrected chi connectivity index (χ0v) is 14.0. The summed E-state index contributed by atoms with van der Waals surface area (Å²) < 4.78 is 7.36. The van der Waals surface area contributed by atoms with Crippen LogP contribution in [-0.2, 0) is 17.7 Å². The van der Waals surface area contributed by atoms with Gasteiger partial charge in [-0.1, -0.05) is 20.8 Å². The number of nitrogens with zero attached hydrogens (tertiary/aromatic N) is 1. The van der Waals surface area contributed by atoms with Crippen molar-refractivity contribution in [2.75, 3.05) is 7.11 Å². The van der Waals surface area contributed by atoms with Crippen LogP contribution in [0.3, 0.4) is 0 Å². The summed E-state index contributed by atoms with van der Waals surface area (Å²) >= 11 is 0. The van der Waals surface area contributed by atoms with Crippen molar-refractivity contribution in [1.82, 2.24) is 4.57 Å². The van der Waals surface area contributed by atoms with E-state index < -0.39 is 0 Å². The fourth-order valence-corrected chi connectivity index (χ4v) is 3.80. The van der Waals surface area contributed by atoms with Gasteiger partial charge in [0.15, 0.2) is 0 Å². The minimum atomic E-state index is -0.254. The Morgan fingerprint density at radius 2 is 2.18 bits per heavy atom. The first-order valence-electron chi connectivity index (χ1n) is 8.26. The van der Waals surface area contributed by atoms with Gasteiger partial charge in [0.2, 0.25) is 0 Å². The van der Waals surface area contributed by atoms with Gasteiger partial charge < -0.3 is 9.30 Å². The van der Waals surface area contributed by atoms with Crippen LogP contribution in [0.4, 0.5) is 0 Å². The van der Waals surface area contributed by atoms with Gasteiger partial charge in [-0.3, -0.25) is 0 Å². The zero-order valence-electron chi connectivity index (χ0n) is 14.0. The summed E-state index contributed by atoms with van der Waals surface area (Å²) in [5.41, 5.74) is 4.84. The maximum Gasteiger partial charge on any atom is 0.337 e. The molecule has 22 heavy (non-hydrogen) atoms. The van der Waals surface area contributed by atoms with E-state index in [0.29, 0.717) is 17.4 Å². The Bertz CT molecular complexity index is 712. The van der Waals surface area contributed by atoms with Gasteiger partial charge in [-0.15, -0.1) is 0 Å². The summed E-state index contributed by atoms with van der Waals surface area (Å²) in [6.07, 6.45) is 3.61. The third-order valence-electron chi connectivity index (χ3n) is 4.71. The van der Waals surface area contributed by atoms with E-state index in [2.05, 4.69) is 31.4 Å². The number of ether oxygens (including phenoxy) is 1. The molecule has 1 heterocycles. The number of benzene rings is 1. The van der Waals surface area contributed by atoms with Gasteiger partial charge in [0, 0.05) is 23.1 Å². The number of carbonyl (C=O) groups is 1. The molecule has 1 atom stereocenters. The van der Waals surface area contributed by atoms with Crippen molar-refractivity contribution in [3.63, 3.8) is 0 Å². The average molecular weight is 299 g/mol. The highest BCUT2D eigenvalue weighted by atomic mass is 16.5. The molecule has 0 aliphatic heterocycles. The molecule has 0 amide bonds. The maximum atomic E-state index is 11.8. The number of aryl methyl sites for hydroxylation is 1. The summed E-state index contributed by atoms with van der Waals surface area (Å²) in [6, 6.07) is 6.00. The quantitative estimate of drug-likeness (QED) is 0.780. The predicted molar refractivity (Wildman–Crippen MR) is 89.5 cm³/mol. The molecule has 0 bridgehead atoms. The van der Waals surface area contributed by atoms with E-state index in [1.807, 2.05) is 12.1 Å². The van der Waals surface area contributed by atoms with Crippen LogP contribution >= 0.6 is 0 Å². The second-order valence-electron chi connectivity index (χ2n) is 6.89. The minimum absolute atomic E-state index is 0.254. The van der Waals surface area contributed by atoms with E-state index in [0.717, 1.165) is 13.0 Å². The van der Waals surface area contributed by atoms with Crippen LogP contribution in [0, 0.1) is 5.92 Å². The summed E-state index contributed by atoms with van der Waals surface area (Å²) in [5.74, 6) is 0.946. The number of fused-ring (bicyclic) bond motifs is 3. The van der Waals surface area contributed by atoms with Gasteiger partial charge in [0.25, 0.3) is 0 Å². The Morgan fingerprint density at radius 1 is 1.41 bits per heavy atom. The largest absolute Gasteiger partial charge is 0.465 e. The highest BCUT2D eigenvalue weighted by molar-refractivity contribution is 5.96. The van der Waals surface area contributed by atoms with E-state index in [-0.39, 0.29) is 5.97 Å². The molecule has 1 aliphatic carbocycles. The second kappa shape index (κ2) is 5.79. The zero-order chi connectivity index (χ0) is 15.9. The molecular formula is C19H25NO2. The van der Waals surface area contributed by atoms with Crippen molar-refractivity contribution in [2.24, 2.45) is 5.92 Å². The second-order valence-corrected chi connectivity index (χ2v) is 6.89. The molecule has 0 radical (unpaired) electrons. The van der Waals surface area contributed by atoms with E-state index in [9.17, 15) is 4.79 Å². The Balaban J connectivity index is 2.24. The molecule has 0 N–H and O–H groups in total. The van der Waals surface area contributed by atoms with Crippen molar-refractivity contribution in [3.8, 4) is 0 Å². The molecule has 3 heteroatoms. The Labute approximate surface area is 132 Å². The number of hydrogen-bond acceptors (Lipinski definition) is 2. The molecule has 0 spiro atoms. The number of aromatic nitrogens is 1. The number of methoxy groups -OCH3 is 1. The lowest BCUT2D eigenvalue weighted by molar-refractivity contribution is 0.0601. The molecule has 0 fully saturated rings. The third kappa shape index (κ3) is 2.43. The topological polar surface area (TPSA) is 31.2 Å². The Morgan fingerprint density at radius 3 is 2.86 bits per heavy atom. The molecule has 0 saturated heterocycles. The van der Waals surface area contributed by atoms with Crippen LogP contribution in [0.5, 0.6) is 0 Å². The van der Waals surface area contributed by atoms with Crippen LogP contribution in [-0.4, -0.2) is 17.6 Å². The lowest BCUT2D eigenvalue weighted by atomic mass is 9.87. The first-order valence-corrected chi connectivity index (χ1v) is 8.26. The number of esters is 1. The normalized spacial score (nSPS) is 17.8. The molecule has 118 valence electrons. The van der Waals surface area contributed by atoms with Crippen LogP contribution < -0.4 is 0 Å². The SMILES string of the molecule is COC(=O)c1ccc2c(c1)c1c(n2CC(C)C)C(C)CCC1. The first-order chi connectivity index (χ1) is 10.5. The summed E-state index contributed by atoms with van der Waals surface area (Å²) in [6.45, 7) is 7.88. The fourth-order valence-electron chi connectivity index (χ4n) is 3.80. The van der Waals surface area contributed by atoms with Crippen molar-refractivity contribution in [2.45, 2.75) is 52.5 Å². The Kier molecular flexibility index (Phi) is 3.98. The first kappa shape index (κ1) is 15.1. The molecule has 2 aromatic rings. The lowest BCUT2D eigenvalue weighted by Crippen LogP contribution is -2.14.